The van der Waals surface area contributed by atoms with Crippen molar-refractivity contribution >= 4 is 23.2 Å². The molecule has 6 heteroatoms. The molecule has 1 unspecified atom stereocenters. The van der Waals surface area contributed by atoms with E-state index in [2.05, 4.69) is 19.8 Å². The SMILES string of the molecule is O=C(CC1CCCN(c2nc3ncccc3o2)C1)N1CCC2(CCCC2)C1. The summed E-state index contributed by atoms with van der Waals surface area (Å²) in [6.07, 6.45) is 11.1. The number of fused-ring (bicyclic) bond motifs is 1. The van der Waals surface area contributed by atoms with Crippen molar-refractivity contribution in [1.29, 1.82) is 0 Å². The number of oxazole rings is 1. The van der Waals surface area contributed by atoms with E-state index in [1.165, 1.54) is 32.1 Å². The third-order valence-corrected chi connectivity index (χ3v) is 6.86. The van der Waals surface area contributed by atoms with Crippen molar-refractivity contribution in [3.63, 3.8) is 0 Å². The number of anilines is 1. The number of carbonyl (C=O) groups is 1. The largest absolute Gasteiger partial charge is 0.422 e. The number of piperidine rings is 1. The first-order valence-corrected chi connectivity index (χ1v) is 10.5. The van der Waals surface area contributed by atoms with Crippen LogP contribution in [0.25, 0.3) is 11.2 Å². The van der Waals surface area contributed by atoms with Crippen LogP contribution < -0.4 is 4.90 Å². The van der Waals surface area contributed by atoms with E-state index in [-0.39, 0.29) is 0 Å². The number of hydrogen-bond acceptors (Lipinski definition) is 5. The molecule has 1 saturated carbocycles. The van der Waals surface area contributed by atoms with Crippen molar-refractivity contribution in [2.75, 3.05) is 31.1 Å². The Balaban J connectivity index is 1.21. The monoisotopic (exact) mass is 368 g/mol. The first kappa shape index (κ1) is 17.0. The molecule has 2 aliphatic heterocycles. The Kier molecular flexibility index (Phi) is 4.29. The van der Waals surface area contributed by atoms with E-state index in [1.807, 2.05) is 12.1 Å². The number of likely N-dealkylation sites (tertiary alicyclic amines) is 1. The summed E-state index contributed by atoms with van der Waals surface area (Å²) in [5, 5.41) is 0. The molecule has 1 spiro atoms. The maximum absolute atomic E-state index is 12.9. The van der Waals surface area contributed by atoms with Gasteiger partial charge in [-0.1, -0.05) is 12.8 Å². The zero-order valence-corrected chi connectivity index (χ0v) is 15.9. The number of pyridine rings is 1. The highest BCUT2D eigenvalue weighted by Crippen LogP contribution is 2.45. The van der Waals surface area contributed by atoms with Crippen LogP contribution in [-0.2, 0) is 4.79 Å². The molecule has 27 heavy (non-hydrogen) atoms. The smallest absolute Gasteiger partial charge is 0.299 e. The van der Waals surface area contributed by atoms with Crippen molar-refractivity contribution in [3.8, 4) is 0 Å². The van der Waals surface area contributed by atoms with Gasteiger partial charge in [0.25, 0.3) is 6.01 Å². The second-order valence-electron chi connectivity index (χ2n) is 8.75. The van der Waals surface area contributed by atoms with Gasteiger partial charge in [-0.2, -0.15) is 4.98 Å². The van der Waals surface area contributed by atoms with Gasteiger partial charge < -0.3 is 14.2 Å². The van der Waals surface area contributed by atoms with Gasteiger partial charge in [-0.3, -0.25) is 4.79 Å². The van der Waals surface area contributed by atoms with Gasteiger partial charge in [-0.05, 0) is 55.6 Å². The molecule has 6 nitrogen and oxygen atoms in total. The third-order valence-electron chi connectivity index (χ3n) is 6.86. The van der Waals surface area contributed by atoms with E-state index in [0.29, 0.717) is 35.3 Å². The first-order chi connectivity index (χ1) is 13.2. The molecule has 0 aromatic carbocycles. The minimum Gasteiger partial charge on any atom is -0.422 e. The molecular weight excluding hydrogens is 340 g/mol. The summed E-state index contributed by atoms with van der Waals surface area (Å²) in [7, 11) is 0. The molecule has 3 fully saturated rings. The summed E-state index contributed by atoms with van der Waals surface area (Å²) >= 11 is 0. The van der Waals surface area contributed by atoms with Crippen LogP contribution in [0.3, 0.4) is 0 Å². The van der Waals surface area contributed by atoms with Gasteiger partial charge in [-0.15, -0.1) is 0 Å². The summed E-state index contributed by atoms with van der Waals surface area (Å²) in [5.41, 5.74) is 1.84. The van der Waals surface area contributed by atoms with E-state index >= 15 is 0 Å². The summed E-state index contributed by atoms with van der Waals surface area (Å²) in [6.45, 7) is 3.74. The summed E-state index contributed by atoms with van der Waals surface area (Å²) in [5.74, 6) is 0.735. The standard InChI is InChI=1S/C21H28N4O2/c26-18(25-12-9-21(15-25)7-1-2-8-21)13-16-5-4-11-24(14-16)20-23-19-17(27-20)6-3-10-22-19/h3,6,10,16H,1-2,4-5,7-9,11-15H2. The second kappa shape index (κ2) is 6.80. The molecule has 4 heterocycles. The molecule has 3 aliphatic rings. The molecule has 1 amide bonds. The topological polar surface area (TPSA) is 62.5 Å². The molecule has 144 valence electrons. The average Bonchev–Trinajstić information content (AvgIpc) is 3.42. The van der Waals surface area contributed by atoms with Crippen LogP contribution >= 0.6 is 0 Å². The van der Waals surface area contributed by atoms with Crippen LogP contribution in [-0.4, -0.2) is 47.0 Å². The maximum Gasteiger partial charge on any atom is 0.299 e. The minimum absolute atomic E-state index is 0.352. The Morgan fingerprint density at radius 1 is 1.22 bits per heavy atom. The Bertz CT molecular complexity index is 793. The highest BCUT2D eigenvalue weighted by Gasteiger charge is 2.42. The van der Waals surface area contributed by atoms with Crippen molar-refractivity contribution in [3.05, 3.63) is 18.3 Å². The number of carbonyl (C=O) groups excluding carboxylic acids is 1. The lowest BCUT2D eigenvalue weighted by Crippen LogP contribution is -2.39. The lowest BCUT2D eigenvalue weighted by molar-refractivity contribution is -0.131. The average molecular weight is 368 g/mol. The van der Waals surface area contributed by atoms with E-state index in [0.717, 1.165) is 44.6 Å². The molecule has 2 aromatic rings. The maximum atomic E-state index is 12.9. The van der Waals surface area contributed by atoms with E-state index in [1.54, 1.807) is 6.20 Å². The third kappa shape index (κ3) is 3.30. The fourth-order valence-corrected chi connectivity index (χ4v) is 5.36. The Labute approximate surface area is 159 Å². The Hall–Kier alpha value is -2.11. The molecule has 0 radical (unpaired) electrons. The zero-order chi connectivity index (χ0) is 18.3. The van der Waals surface area contributed by atoms with Crippen LogP contribution in [0.15, 0.2) is 22.7 Å². The minimum atomic E-state index is 0.352. The molecule has 2 saturated heterocycles. The predicted octanol–water partition coefficient (Wildman–Crippen LogP) is 3.62. The molecule has 5 rings (SSSR count). The Morgan fingerprint density at radius 3 is 2.96 bits per heavy atom. The Morgan fingerprint density at radius 2 is 2.11 bits per heavy atom. The van der Waals surface area contributed by atoms with Gasteiger partial charge in [-0.25, -0.2) is 4.98 Å². The zero-order valence-electron chi connectivity index (χ0n) is 15.9. The number of rotatable bonds is 3. The molecular formula is C21H28N4O2. The molecule has 1 atom stereocenters. The number of aromatic nitrogens is 2. The van der Waals surface area contributed by atoms with Crippen molar-refractivity contribution in [2.24, 2.45) is 11.3 Å². The van der Waals surface area contributed by atoms with Gasteiger partial charge in [0.15, 0.2) is 5.58 Å². The molecule has 0 N–H and O–H groups in total. The van der Waals surface area contributed by atoms with Crippen LogP contribution in [0.4, 0.5) is 6.01 Å². The predicted molar refractivity (Wildman–Crippen MR) is 103 cm³/mol. The quantitative estimate of drug-likeness (QED) is 0.828. The lowest BCUT2D eigenvalue weighted by Gasteiger charge is -2.32. The second-order valence-corrected chi connectivity index (χ2v) is 8.75. The van der Waals surface area contributed by atoms with E-state index in [9.17, 15) is 4.79 Å². The number of amides is 1. The van der Waals surface area contributed by atoms with E-state index in [4.69, 9.17) is 4.42 Å². The fourth-order valence-electron chi connectivity index (χ4n) is 5.36. The highest BCUT2D eigenvalue weighted by atomic mass is 16.4. The molecule has 1 aliphatic carbocycles. The van der Waals surface area contributed by atoms with Gasteiger partial charge in [0.2, 0.25) is 11.6 Å². The van der Waals surface area contributed by atoms with Crippen molar-refractivity contribution in [1.82, 2.24) is 14.9 Å². The lowest BCUT2D eigenvalue weighted by atomic mass is 9.86. The summed E-state index contributed by atoms with van der Waals surface area (Å²) in [6, 6.07) is 4.41. The normalized spacial score (nSPS) is 25.0. The van der Waals surface area contributed by atoms with Gasteiger partial charge >= 0.3 is 0 Å². The van der Waals surface area contributed by atoms with Crippen LogP contribution in [0.5, 0.6) is 0 Å². The van der Waals surface area contributed by atoms with Crippen LogP contribution in [0.1, 0.15) is 51.4 Å². The molecule has 0 bridgehead atoms. The number of hydrogen-bond donors (Lipinski definition) is 0. The van der Waals surface area contributed by atoms with E-state index < -0.39 is 0 Å². The van der Waals surface area contributed by atoms with Gasteiger partial charge in [0.1, 0.15) is 0 Å². The van der Waals surface area contributed by atoms with Crippen LogP contribution in [0.2, 0.25) is 0 Å². The van der Waals surface area contributed by atoms with Gasteiger partial charge in [0.05, 0.1) is 0 Å². The number of nitrogens with zero attached hydrogens (tertiary/aromatic N) is 4. The van der Waals surface area contributed by atoms with Crippen molar-refractivity contribution in [2.45, 2.75) is 51.4 Å². The first-order valence-electron chi connectivity index (χ1n) is 10.5. The van der Waals surface area contributed by atoms with Crippen LogP contribution in [0, 0.1) is 11.3 Å². The van der Waals surface area contributed by atoms with Gasteiger partial charge in [0, 0.05) is 38.8 Å². The highest BCUT2D eigenvalue weighted by molar-refractivity contribution is 5.77. The van der Waals surface area contributed by atoms with Crippen molar-refractivity contribution < 1.29 is 9.21 Å². The fraction of sp³-hybridized carbons (Fsp3) is 0.667. The molecule has 2 aromatic heterocycles. The summed E-state index contributed by atoms with van der Waals surface area (Å²) < 4.78 is 5.88. The summed E-state index contributed by atoms with van der Waals surface area (Å²) in [4.78, 5) is 26.0.